The zero-order valence-corrected chi connectivity index (χ0v) is 11.9. The monoisotopic (exact) mass is 267 g/mol. The van der Waals surface area contributed by atoms with Gasteiger partial charge < -0.3 is 15.1 Å². The lowest BCUT2D eigenvalue weighted by Gasteiger charge is -2.34. The van der Waals surface area contributed by atoms with E-state index in [9.17, 15) is 9.59 Å². The number of hydrogen-bond acceptors (Lipinski definition) is 3. The van der Waals surface area contributed by atoms with Gasteiger partial charge in [0.15, 0.2) is 0 Å². The van der Waals surface area contributed by atoms with E-state index in [0.29, 0.717) is 12.5 Å². The number of hydrogen-bond donors (Lipinski definition) is 1. The van der Waals surface area contributed by atoms with Gasteiger partial charge in [0.25, 0.3) is 0 Å². The number of amides is 2. The summed E-state index contributed by atoms with van der Waals surface area (Å²) in [6.45, 7) is 2.62. The number of likely N-dealkylation sites (N-methyl/N-ethyl adjacent to an activating group) is 1. The Hall–Kier alpha value is -1.10. The molecule has 2 aliphatic heterocycles. The Morgan fingerprint density at radius 1 is 1.26 bits per heavy atom. The summed E-state index contributed by atoms with van der Waals surface area (Å²) in [7, 11) is 1.94. The van der Waals surface area contributed by atoms with Crippen molar-refractivity contribution in [1.29, 1.82) is 0 Å². The Bertz CT molecular complexity index is 333. The number of carbonyl (C=O) groups excluding carboxylic acids is 2. The molecule has 1 N–H and O–H groups in total. The van der Waals surface area contributed by atoms with Crippen LogP contribution in [0.5, 0.6) is 0 Å². The first-order chi connectivity index (χ1) is 9.20. The van der Waals surface area contributed by atoms with Crippen LogP contribution in [0.1, 0.15) is 38.5 Å². The highest BCUT2D eigenvalue weighted by molar-refractivity contribution is 5.85. The predicted molar refractivity (Wildman–Crippen MR) is 73.7 cm³/mol. The van der Waals surface area contributed by atoms with E-state index < -0.39 is 0 Å². The van der Waals surface area contributed by atoms with Gasteiger partial charge in [0.05, 0.1) is 6.54 Å². The van der Waals surface area contributed by atoms with Crippen LogP contribution in [0.15, 0.2) is 0 Å². The first kappa shape index (κ1) is 14.3. The van der Waals surface area contributed by atoms with E-state index in [2.05, 4.69) is 5.32 Å². The summed E-state index contributed by atoms with van der Waals surface area (Å²) in [6, 6.07) is 0.400. The maximum atomic E-state index is 12.3. The Morgan fingerprint density at radius 2 is 2.11 bits per heavy atom. The highest BCUT2D eigenvalue weighted by Gasteiger charge is 2.26. The topological polar surface area (TPSA) is 52.7 Å². The van der Waals surface area contributed by atoms with Gasteiger partial charge in [-0.3, -0.25) is 9.59 Å². The molecule has 5 heteroatoms. The third-order valence-electron chi connectivity index (χ3n) is 4.18. The van der Waals surface area contributed by atoms with E-state index in [0.717, 1.165) is 51.7 Å². The van der Waals surface area contributed by atoms with E-state index in [1.54, 1.807) is 4.90 Å². The minimum Gasteiger partial charge on any atom is -0.340 e. The van der Waals surface area contributed by atoms with Gasteiger partial charge in [0, 0.05) is 32.1 Å². The zero-order chi connectivity index (χ0) is 13.7. The van der Waals surface area contributed by atoms with Gasteiger partial charge >= 0.3 is 0 Å². The number of carbonyl (C=O) groups is 2. The fourth-order valence-electron chi connectivity index (χ4n) is 2.91. The summed E-state index contributed by atoms with van der Waals surface area (Å²) in [5.74, 6) is 0.253. The molecule has 0 saturated carbocycles. The molecule has 5 nitrogen and oxygen atoms in total. The molecule has 0 bridgehead atoms. The number of rotatable bonds is 3. The molecule has 0 aliphatic carbocycles. The summed E-state index contributed by atoms with van der Waals surface area (Å²) in [5.41, 5.74) is 0. The third kappa shape index (κ3) is 3.93. The number of likely N-dealkylation sites (tertiary alicyclic amines) is 2. The third-order valence-corrected chi connectivity index (χ3v) is 4.18. The van der Waals surface area contributed by atoms with Gasteiger partial charge in [-0.25, -0.2) is 0 Å². The smallest absolute Gasteiger partial charge is 0.242 e. The largest absolute Gasteiger partial charge is 0.340 e. The summed E-state index contributed by atoms with van der Waals surface area (Å²) in [5, 5.41) is 3.24. The molecule has 2 amide bonds. The molecule has 2 heterocycles. The molecule has 0 aromatic carbocycles. The first-order valence-corrected chi connectivity index (χ1v) is 7.43. The SMILES string of the molecule is CNC1CCCN(C(=O)CN2CCCCCC2=O)C1. The van der Waals surface area contributed by atoms with Crippen molar-refractivity contribution in [3.63, 3.8) is 0 Å². The lowest BCUT2D eigenvalue weighted by molar-refractivity contribution is -0.141. The minimum atomic E-state index is 0.107. The molecule has 1 atom stereocenters. The summed E-state index contributed by atoms with van der Waals surface area (Å²) >= 11 is 0. The van der Waals surface area contributed by atoms with E-state index in [1.807, 2.05) is 11.9 Å². The van der Waals surface area contributed by atoms with Crippen LogP contribution in [0.2, 0.25) is 0 Å². The van der Waals surface area contributed by atoms with Crippen molar-refractivity contribution in [2.24, 2.45) is 0 Å². The summed E-state index contributed by atoms with van der Waals surface area (Å²) < 4.78 is 0. The average Bonchev–Trinajstić information content (AvgIpc) is 2.64. The van der Waals surface area contributed by atoms with Crippen LogP contribution in [0.4, 0.5) is 0 Å². The van der Waals surface area contributed by atoms with E-state index >= 15 is 0 Å². The maximum Gasteiger partial charge on any atom is 0.242 e. The standard InChI is InChI=1S/C14H25N3O2/c1-15-12-6-5-9-16(10-12)14(19)11-17-8-4-2-3-7-13(17)18/h12,15H,2-11H2,1H3. The van der Waals surface area contributed by atoms with E-state index in [-0.39, 0.29) is 18.4 Å². The van der Waals surface area contributed by atoms with Gasteiger partial charge in [-0.2, -0.15) is 0 Å². The maximum absolute atomic E-state index is 12.3. The van der Waals surface area contributed by atoms with Crippen LogP contribution in [0, 0.1) is 0 Å². The molecule has 2 saturated heterocycles. The minimum absolute atomic E-state index is 0.107. The second-order valence-corrected chi connectivity index (χ2v) is 5.59. The average molecular weight is 267 g/mol. The molecule has 108 valence electrons. The van der Waals surface area contributed by atoms with Crippen molar-refractivity contribution in [2.75, 3.05) is 33.2 Å². The van der Waals surface area contributed by atoms with Crippen molar-refractivity contribution in [3.8, 4) is 0 Å². The van der Waals surface area contributed by atoms with E-state index in [4.69, 9.17) is 0 Å². The van der Waals surface area contributed by atoms with Crippen LogP contribution in [0.25, 0.3) is 0 Å². The quantitative estimate of drug-likeness (QED) is 0.814. The van der Waals surface area contributed by atoms with Crippen LogP contribution >= 0.6 is 0 Å². The molecular formula is C14H25N3O2. The second kappa shape index (κ2) is 6.89. The number of nitrogens with zero attached hydrogens (tertiary/aromatic N) is 2. The predicted octanol–water partition coefficient (Wildman–Crippen LogP) is 0.599. The van der Waals surface area contributed by atoms with Crippen molar-refractivity contribution in [3.05, 3.63) is 0 Å². The van der Waals surface area contributed by atoms with Crippen molar-refractivity contribution in [2.45, 2.75) is 44.6 Å². The van der Waals surface area contributed by atoms with Crippen molar-refractivity contribution < 1.29 is 9.59 Å². The Morgan fingerprint density at radius 3 is 2.89 bits per heavy atom. The number of nitrogens with one attached hydrogen (secondary N) is 1. The van der Waals surface area contributed by atoms with Crippen molar-refractivity contribution >= 4 is 11.8 Å². The van der Waals surface area contributed by atoms with Crippen molar-refractivity contribution in [1.82, 2.24) is 15.1 Å². The molecule has 0 spiro atoms. The van der Waals surface area contributed by atoms with E-state index in [1.165, 1.54) is 0 Å². The summed E-state index contributed by atoms with van der Waals surface area (Å²) in [6.07, 6.45) is 5.87. The van der Waals surface area contributed by atoms with Gasteiger partial charge in [-0.05, 0) is 32.7 Å². The molecule has 0 radical (unpaired) electrons. The molecular weight excluding hydrogens is 242 g/mol. The Balaban J connectivity index is 1.87. The van der Waals surface area contributed by atoms with Crippen LogP contribution < -0.4 is 5.32 Å². The molecule has 2 fully saturated rings. The normalized spacial score (nSPS) is 25.3. The first-order valence-electron chi connectivity index (χ1n) is 7.43. The Labute approximate surface area is 115 Å². The fraction of sp³-hybridized carbons (Fsp3) is 0.857. The lowest BCUT2D eigenvalue weighted by Crippen LogP contribution is -2.50. The summed E-state index contributed by atoms with van der Waals surface area (Å²) in [4.78, 5) is 27.8. The van der Waals surface area contributed by atoms with Gasteiger partial charge in [0.2, 0.25) is 11.8 Å². The molecule has 19 heavy (non-hydrogen) atoms. The fourth-order valence-corrected chi connectivity index (χ4v) is 2.91. The van der Waals surface area contributed by atoms with Crippen LogP contribution in [0.3, 0.4) is 0 Å². The molecule has 1 unspecified atom stereocenters. The number of piperidine rings is 1. The highest BCUT2D eigenvalue weighted by Crippen LogP contribution is 2.13. The van der Waals surface area contributed by atoms with Gasteiger partial charge in [0.1, 0.15) is 0 Å². The molecule has 2 aliphatic rings. The van der Waals surface area contributed by atoms with Gasteiger partial charge in [-0.1, -0.05) is 6.42 Å². The molecule has 0 aromatic heterocycles. The van der Waals surface area contributed by atoms with Crippen LogP contribution in [-0.2, 0) is 9.59 Å². The van der Waals surface area contributed by atoms with Crippen LogP contribution in [-0.4, -0.2) is 60.9 Å². The zero-order valence-electron chi connectivity index (χ0n) is 11.9. The molecule has 2 rings (SSSR count). The molecule has 0 aromatic rings. The van der Waals surface area contributed by atoms with Gasteiger partial charge in [-0.15, -0.1) is 0 Å². The lowest BCUT2D eigenvalue weighted by atomic mass is 10.1. The highest BCUT2D eigenvalue weighted by atomic mass is 16.2. The Kier molecular flexibility index (Phi) is 5.19. The second-order valence-electron chi connectivity index (χ2n) is 5.59.